The van der Waals surface area contributed by atoms with E-state index in [9.17, 15) is 4.79 Å². The van der Waals surface area contributed by atoms with E-state index in [2.05, 4.69) is 4.98 Å². The second-order valence-electron chi connectivity index (χ2n) is 3.47. The van der Waals surface area contributed by atoms with Gasteiger partial charge in [0.05, 0.1) is 0 Å². The molecule has 4 nitrogen and oxygen atoms in total. The molecule has 0 aromatic carbocycles. The van der Waals surface area contributed by atoms with Crippen LogP contribution in [0.4, 0.5) is 0 Å². The van der Waals surface area contributed by atoms with Crippen molar-refractivity contribution in [3.05, 3.63) is 30.1 Å². The maximum absolute atomic E-state index is 11.4. The van der Waals surface area contributed by atoms with Gasteiger partial charge in [0.1, 0.15) is 0 Å². The first-order valence-corrected chi connectivity index (χ1v) is 5.07. The van der Waals surface area contributed by atoms with Crippen LogP contribution in [-0.2, 0) is 11.2 Å². The molecule has 4 heteroatoms. The van der Waals surface area contributed by atoms with E-state index in [1.54, 1.807) is 18.1 Å². The molecule has 1 heterocycles. The molecule has 1 aromatic rings. The summed E-state index contributed by atoms with van der Waals surface area (Å²) in [6.07, 6.45) is 4.82. The Labute approximate surface area is 90.1 Å². The Morgan fingerprint density at radius 1 is 1.60 bits per heavy atom. The molecule has 1 rings (SSSR count). The van der Waals surface area contributed by atoms with Crippen LogP contribution in [0.25, 0.3) is 0 Å². The van der Waals surface area contributed by atoms with E-state index in [-0.39, 0.29) is 5.91 Å². The van der Waals surface area contributed by atoms with E-state index in [1.807, 2.05) is 18.3 Å². The van der Waals surface area contributed by atoms with Gasteiger partial charge < -0.3 is 10.6 Å². The highest BCUT2D eigenvalue weighted by molar-refractivity contribution is 5.76. The standard InChI is InChI=1S/C11H17N3O/c1-14(11(15)4-6-12)8-5-10-3-2-7-13-9-10/h2-3,7,9H,4-6,8,12H2,1H3. The van der Waals surface area contributed by atoms with Crippen molar-refractivity contribution in [3.8, 4) is 0 Å². The molecule has 0 spiro atoms. The summed E-state index contributed by atoms with van der Waals surface area (Å²) in [5, 5.41) is 0. The normalized spacial score (nSPS) is 10.0. The van der Waals surface area contributed by atoms with Crippen LogP contribution < -0.4 is 5.73 Å². The zero-order valence-electron chi connectivity index (χ0n) is 9.02. The largest absolute Gasteiger partial charge is 0.345 e. The molecule has 0 aliphatic rings. The van der Waals surface area contributed by atoms with Crippen molar-refractivity contribution in [3.63, 3.8) is 0 Å². The van der Waals surface area contributed by atoms with E-state index >= 15 is 0 Å². The Morgan fingerprint density at radius 3 is 3.00 bits per heavy atom. The fourth-order valence-corrected chi connectivity index (χ4v) is 1.28. The number of pyridine rings is 1. The molecule has 2 N–H and O–H groups in total. The topological polar surface area (TPSA) is 59.2 Å². The number of hydrogen-bond acceptors (Lipinski definition) is 3. The van der Waals surface area contributed by atoms with E-state index in [4.69, 9.17) is 5.73 Å². The fourth-order valence-electron chi connectivity index (χ4n) is 1.28. The van der Waals surface area contributed by atoms with Gasteiger partial charge in [0, 0.05) is 39.0 Å². The van der Waals surface area contributed by atoms with Gasteiger partial charge in [-0.1, -0.05) is 6.07 Å². The lowest BCUT2D eigenvalue weighted by atomic mass is 10.2. The van der Waals surface area contributed by atoms with Gasteiger partial charge in [-0.25, -0.2) is 0 Å². The maximum atomic E-state index is 11.4. The van der Waals surface area contributed by atoms with Crippen molar-refractivity contribution >= 4 is 5.91 Å². The number of rotatable bonds is 5. The Kier molecular flexibility index (Phi) is 4.77. The van der Waals surface area contributed by atoms with Crippen LogP contribution >= 0.6 is 0 Å². The highest BCUT2D eigenvalue weighted by Gasteiger charge is 2.06. The number of likely N-dealkylation sites (N-methyl/N-ethyl adjacent to an activating group) is 1. The lowest BCUT2D eigenvalue weighted by Crippen LogP contribution is -2.30. The van der Waals surface area contributed by atoms with Crippen LogP contribution in [0.1, 0.15) is 12.0 Å². The number of aromatic nitrogens is 1. The molecular weight excluding hydrogens is 190 g/mol. The van der Waals surface area contributed by atoms with Crippen molar-refractivity contribution in [1.29, 1.82) is 0 Å². The van der Waals surface area contributed by atoms with Crippen molar-refractivity contribution in [2.24, 2.45) is 5.73 Å². The molecule has 0 fully saturated rings. The van der Waals surface area contributed by atoms with Gasteiger partial charge in [0.25, 0.3) is 0 Å². The summed E-state index contributed by atoms with van der Waals surface area (Å²) in [7, 11) is 1.80. The third-order valence-electron chi connectivity index (χ3n) is 2.24. The van der Waals surface area contributed by atoms with Gasteiger partial charge >= 0.3 is 0 Å². The van der Waals surface area contributed by atoms with Gasteiger partial charge in [-0.2, -0.15) is 0 Å². The maximum Gasteiger partial charge on any atom is 0.223 e. The molecule has 0 unspecified atom stereocenters. The lowest BCUT2D eigenvalue weighted by Gasteiger charge is -2.16. The average molecular weight is 207 g/mol. The van der Waals surface area contributed by atoms with Crippen LogP contribution in [0.5, 0.6) is 0 Å². The molecular formula is C11H17N3O. The highest BCUT2D eigenvalue weighted by atomic mass is 16.2. The van der Waals surface area contributed by atoms with Crippen molar-refractivity contribution < 1.29 is 4.79 Å². The van der Waals surface area contributed by atoms with Crippen LogP contribution in [0.3, 0.4) is 0 Å². The molecule has 0 aliphatic carbocycles. The summed E-state index contributed by atoms with van der Waals surface area (Å²) in [4.78, 5) is 17.1. The zero-order valence-corrected chi connectivity index (χ0v) is 9.02. The van der Waals surface area contributed by atoms with Crippen LogP contribution in [0.2, 0.25) is 0 Å². The Morgan fingerprint density at radius 2 is 2.40 bits per heavy atom. The monoisotopic (exact) mass is 207 g/mol. The highest BCUT2D eigenvalue weighted by Crippen LogP contribution is 1.99. The van der Waals surface area contributed by atoms with Crippen molar-refractivity contribution in [2.45, 2.75) is 12.8 Å². The predicted octanol–water partition coefficient (Wildman–Crippen LogP) is 0.431. The smallest absolute Gasteiger partial charge is 0.223 e. The summed E-state index contributed by atoms with van der Waals surface area (Å²) in [5.74, 6) is 0.0985. The van der Waals surface area contributed by atoms with E-state index in [0.29, 0.717) is 19.5 Å². The summed E-state index contributed by atoms with van der Waals surface area (Å²) in [5.41, 5.74) is 6.46. The van der Waals surface area contributed by atoms with Crippen molar-refractivity contribution in [2.75, 3.05) is 20.1 Å². The number of nitrogens with two attached hydrogens (primary N) is 1. The molecule has 0 aliphatic heterocycles. The third kappa shape index (κ3) is 4.08. The SMILES string of the molecule is CN(CCc1cccnc1)C(=O)CCN. The first-order valence-electron chi connectivity index (χ1n) is 5.07. The minimum absolute atomic E-state index is 0.0985. The van der Waals surface area contributed by atoms with E-state index < -0.39 is 0 Å². The van der Waals surface area contributed by atoms with Gasteiger partial charge in [-0.05, 0) is 18.1 Å². The first-order chi connectivity index (χ1) is 7.24. The summed E-state index contributed by atoms with van der Waals surface area (Å²) in [6.45, 7) is 1.13. The molecule has 0 saturated heterocycles. The Hall–Kier alpha value is -1.42. The molecule has 0 saturated carbocycles. The van der Waals surface area contributed by atoms with Crippen LogP contribution in [0, 0.1) is 0 Å². The van der Waals surface area contributed by atoms with Gasteiger partial charge in [-0.3, -0.25) is 9.78 Å². The molecule has 1 amide bonds. The summed E-state index contributed by atoms with van der Waals surface area (Å²) >= 11 is 0. The van der Waals surface area contributed by atoms with Crippen molar-refractivity contribution in [1.82, 2.24) is 9.88 Å². The fraction of sp³-hybridized carbons (Fsp3) is 0.455. The third-order valence-corrected chi connectivity index (χ3v) is 2.24. The lowest BCUT2D eigenvalue weighted by molar-refractivity contribution is -0.129. The first kappa shape index (κ1) is 11.7. The Balaban J connectivity index is 2.34. The van der Waals surface area contributed by atoms with E-state index in [0.717, 1.165) is 12.0 Å². The predicted molar refractivity (Wildman–Crippen MR) is 59.2 cm³/mol. The molecule has 1 aromatic heterocycles. The zero-order chi connectivity index (χ0) is 11.1. The average Bonchev–Trinajstić information content (AvgIpc) is 2.27. The second-order valence-corrected chi connectivity index (χ2v) is 3.47. The molecule has 0 bridgehead atoms. The molecule has 0 radical (unpaired) electrons. The van der Waals surface area contributed by atoms with Gasteiger partial charge in [0.2, 0.25) is 5.91 Å². The number of hydrogen-bond donors (Lipinski definition) is 1. The van der Waals surface area contributed by atoms with E-state index in [1.165, 1.54) is 0 Å². The number of carbonyl (C=O) groups is 1. The van der Waals surface area contributed by atoms with Gasteiger partial charge in [-0.15, -0.1) is 0 Å². The second kappa shape index (κ2) is 6.14. The number of amides is 1. The Bertz CT molecular complexity index is 300. The van der Waals surface area contributed by atoms with Crippen LogP contribution in [0.15, 0.2) is 24.5 Å². The van der Waals surface area contributed by atoms with Crippen LogP contribution in [-0.4, -0.2) is 35.9 Å². The summed E-state index contributed by atoms with van der Waals surface area (Å²) < 4.78 is 0. The molecule has 0 atom stereocenters. The number of carbonyl (C=O) groups excluding carboxylic acids is 1. The molecule has 15 heavy (non-hydrogen) atoms. The molecule has 82 valence electrons. The van der Waals surface area contributed by atoms with Gasteiger partial charge in [0.15, 0.2) is 0 Å². The quantitative estimate of drug-likeness (QED) is 0.761. The number of nitrogens with zero attached hydrogens (tertiary/aromatic N) is 2. The minimum atomic E-state index is 0.0985. The summed E-state index contributed by atoms with van der Waals surface area (Å²) in [6, 6.07) is 3.91. The minimum Gasteiger partial charge on any atom is -0.345 e.